The fourth-order valence-corrected chi connectivity index (χ4v) is 3.63. The summed E-state index contributed by atoms with van der Waals surface area (Å²) in [4.78, 5) is 0. The van der Waals surface area contributed by atoms with Crippen LogP contribution in [0.25, 0.3) is 0 Å². The van der Waals surface area contributed by atoms with Crippen LogP contribution in [-0.2, 0) is 10.0 Å². The number of nitrogens with two attached hydrogens (primary N) is 1. The predicted molar refractivity (Wildman–Crippen MR) is 66.6 cm³/mol. The maximum absolute atomic E-state index is 12.1. The summed E-state index contributed by atoms with van der Waals surface area (Å²) in [5.74, 6) is 0.849. The van der Waals surface area contributed by atoms with Crippen molar-refractivity contribution >= 4 is 10.0 Å². The van der Waals surface area contributed by atoms with Crippen molar-refractivity contribution in [2.75, 3.05) is 18.8 Å². The molecule has 0 aliphatic heterocycles. The van der Waals surface area contributed by atoms with E-state index in [4.69, 9.17) is 5.73 Å². The summed E-state index contributed by atoms with van der Waals surface area (Å²) >= 11 is 0. The van der Waals surface area contributed by atoms with Crippen LogP contribution in [0, 0.1) is 5.92 Å². The van der Waals surface area contributed by atoms with Crippen LogP contribution in [0.2, 0.25) is 0 Å². The maximum Gasteiger partial charge on any atom is 0.214 e. The first-order chi connectivity index (χ1) is 7.47. The number of hydrogen-bond acceptors (Lipinski definition) is 3. The smallest absolute Gasteiger partial charge is 0.214 e. The van der Waals surface area contributed by atoms with E-state index in [1.807, 2.05) is 13.8 Å². The lowest BCUT2D eigenvalue weighted by Gasteiger charge is -2.25. The van der Waals surface area contributed by atoms with E-state index in [1.165, 1.54) is 12.8 Å². The zero-order valence-electron chi connectivity index (χ0n) is 10.4. The van der Waals surface area contributed by atoms with E-state index in [0.717, 1.165) is 6.42 Å². The predicted octanol–water partition coefficient (Wildman–Crippen LogP) is 1.18. The molecule has 0 heterocycles. The van der Waals surface area contributed by atoms with Gasteiger partial charge in [0.15, 0.2) is 0 Å². The molecule has 1 saturated carbocycles. The molecule has 1 fully saturated rings. The molecule has 0 saturated heterocycles. The van der Waals surface area contributed by atoms with Crippen LogP contribution >= 0.6 is 0 Å². The maximum atomic E-state index is 12.1. The van der Waals surface area contributed by atoms with E-state index in [9.17, 15) is 8.42 Å². The van der Waals surface area contributed by atoms with Gasteiger partial charge in [-0.1, -0.05) is 0 Å². The van der Waals surface area contributed by atoms with E-state index in [2.05, 4.69) is 0 Å². The van der Waals surface area contributed by atoms with Gasteiger partial charge in [-0.15, -0.1) is 0 Å². The Kier molecular flexibility index (Phi) is 5.21. The molecule has 0 unspecified atom stereocenters. The van der Waals surface area contributed by atoms with Gasteiger partial charge in [-0.3, -0.25) is 0 Å². The first-order valence-corrected chi connectivity index (χ1v) is 7.78. The topological polar surface area (TPSA) is 63.4 Å². The van der Waals surface area contributed by atoms with Gasteiger partial charge in [-0.25, -0.2) is 8.42 Å². The molecule has 0 spiro atoms. The fourth-order valence-electron chi connectivity index (χ4n) is 1.75. The highest BCUT2D eigenvalue weighted by atomic mass is 32.2. The van der Waals surface area contributed by atoms with Gasteiger partial charge in [-0.2, -0.15) is 4.31 Å². The van der Waals surface area contributed by atoms with E-state index < -0.39 is 10.0 Å². The Balaban J connectivity index is 2.52. The van der Waals surface area contributed by atoms with Gasteiger partial charge in [0.1, 0.15) is 0 Å². The average Bonchev–Trinajstić information content (AvgIpc) is 2.97. The normalized spacial score (nSPS) is 17.3. The molecule has 1 aliphatic rings. The van der Waals surface area contributed by atoms with Crippen LogP contribution in [0.5, 0.6) is 0 Å². The number of rotatable bonds is 8. The minimum absolute atomic E-state index is 0.0727. The Morgan fingerprint density at radius 2 is 1.94 bits per heavy atom. The molecule has 0 atom stereocenters. The molecule has 1 aliphatic carbocycles. The third-order valence-electron chi connectivity index (χ3n) is 2.92. The van der Waals surface area contributed by atoms with Crippen LogP contribution in [0.3, 0.4) is 0 Å². The standard InChI is InChI=1S/C11H24N2O2S/c1-10(2)13(9-11-5-6-11)16(14,15)8-4-3-7-12/h10-11H,3-9,12H2,1-2H3. The first-order valence-electron chi connectivity index (χ1n) is 6.17. The van der Waals surface area contributed by atoms with Crippen molar-refractivity contribution < 1.29 is 8.42 Å². The van der Waals surface area contributed by atoms with Crippen molar-refractivity contribution in [1.29, 1.82) is 0 Å². The highest BCUT2D eigenvalue weighted by Gasteiger charge is 2.31. The average molecular weight is 248 g/mol. The molecule has 0 aromatic heterocycles. The lowest BCUT2D eigenvalue weighted by atomic mass is 10.3. The first kappa shape index (κ1) is 13.9. The number of nitrogens with zero attached hydrogens (tertiary/aromatic N) is 1. The van der Waals surface area contributed by atoms with Crippen molar-refractivity contribution in [3.63, 3.8) is 0 Å². The third kappa shape index (κ3) is 4.39. The van der Waals surface area contributed by atoms with Crippen LogP contribution in [-0.4, -0.2) is 37.6 Å². The SMILES string of the molecule is CC(C)N(CC1CC1)S(=O)(=O)CCCCN. The second-order valence-electron chi connectivity index (χ2n) is 4.92. The molecular formula is C11H24N2O2S. The zero-order chi connectivity index (χ0) is 12.2. The van der Waals surface area contributed by atoms with E-state index >= 15 is 0 Å². The van der Waals surface area contributed by atoms with Crippen molar-refractivity contribution in [2.45, 2.75) is 45.6 Å². The van der Waals surface area contributed by atoms with E-state index in [0.29, 0.717) is 25.4 Å². The highest BCUT2D eigenvalue weighted by Crippen LogP contribution is 2.31. The van der Waals surface area contributed by atoms with Gasteiger partial charge in [0, 0.05) is 12.6 Å². The second kappa shape index (κ2) is 5.98. The quantitative estimate of drug-likeness (QED) is 0.656. The Bertz CT molecular complexity index is 297. The van der Waals surface area contributed by atoms with Crippen LogP contribution in [0.4, 0.5) is 0 Å². The summed E-state index contributed by atoms with van der Waals surface area (Å²) in [6.07, 6.45) is 3.82. The number of sulfonamides is 1. The largest absolute Gasteiger partial charge is 0.330 e. The van der Waals surface area contributed by atoms with Crippen molar-refractivity contribution in [3.05, 3.63) is 0 Å². The van der Waals surface area contributed by atoms with Crippen molar-refractivity contribution in [3.8, 4) is 0 Å². The van der Waals surface area contributed by atoms with Crippen LogP contribution in [0.15, 0.2) is 0 Å². The highest BCUT2D eigenvalue weighted by molar-refractivity contribution is 7.89. The Morgan fingerprint density at radius 1 is 1.31 bits per heavy atom. The third-order valence-corrected chi connectivity index (χ3v) is 5.01. The minimum atomic E-state index is -3.07. The van der Waals surface area contributed by atoms with Gasteiger partial charge >= 0.3 is 0 Å². The zero-order valence-corrected chi connectivity index (χ0v) is 11.2. The molecule has 0 aromatic carbocycles. The molecule has 2 N–H and O–H groups in total. The van der Waals surface area contributed by atoms with Crippen molar-refractivity contribution in [1.82, 2.24) is 4.31 Å². The Hall–Kier alpha value is -0.130. The molecular weight excluding hydrogens is 224 g/mol. The van der Waals surface area contributed by atoms with Gasteiger partial charge in [0.2, 0.25) is 10.0 Å². The molecule has 96 valence electrons. The summed E-state index contributed by atoms with van der Waals surface area (Å²) in [5.41, 5.74) is 5.38. The molecule has 0 aromatic rings. The van der Waals surface area contributed by atoms with Gasteiger partial charge < -0.3 is 5.73 Å². The molecule has 1 rings (SSSR count). The summed E-state index contributed by atoms with van der Waals surface area (Å²) in [7, 11) is -3.07. The molecule has 0 radical (unpaired) electrons. The summed E-state index contributed by atoms with van der Waals surface area (Å²) in [6, 6.07) is 0.0727. The number of hydrogen-bond donors (Lipinski definition) is 1. The van der Waals surface area contributed by atoms with E-state index in [-0.39, 0.29) is 11.8 Å². The lowest BCUT2D eigenvalue weighted by molar-refractivity contribution is 0.341. The van der Waals surface area contributed by atoms with Gasteiger partial charge in [-0.05, 0) is 52.0 Å². The Morgan fingerprint density at radius 3 is 2.38 bits per heavy atom. The van der Waals surface area contributed by atoms with E-state index in [1.54, 1.807) is 4.31 Å². The number of unbranched alkanes of at least 4 members (excludes halogenated alkanes) is 1. The molecule has 16 heavy (non-hydrogen) atoms. The molecule has 0 bridgehead atoms. The second-order valence-corrected chi connectivity index (χ2v) is 6.96. The monoisotopic (exact) mass is 248 g/mol. The minimum Gasteiger partial charge on any atom is -0.330 e. The Labute approximate surface area is 99.2 Å². The summed E-state index contributed by atoms with van der Waals surface area (Å²) < 4.78 is 25.9. The van der Waals surface area contributed by atoms with Crippen molar-refractivity contribution in [2.24, 2.45) is 11.7 Å². The molecule has 5 heteroatoms. The molecule has 0 amide bonds. The fraction of sp³-hybridized carbons (Fsp3) is 1.00. The summed E-state index contributed by atoms with van der Waals surface area (Å²) in [6.45, 7) is 5.17. The van der Waals surface area contributed by atoms with Crippen LogP contribution in [0.1, 0.15) is 39.5 Å². The molecule has 4 nitrogen and oxygen atoms in total. The summed E-state index contributed by atoms with van der Waals surface area (Å²) in [5, 5.41) is 0. The van der Waals surface area contributed by atoms with Gasteiger partial charge in [0.25, 0.3) is 0 Å². The van der Waals surface area contributed by atoms with Crippen LogP contribution < -0.4 is 5.73 Å². The van der Waals surface area contributed by atoms with Gasteiger partial charge in [0.05, 0.1) is 5.75 Å². The lowest BCUT2D eigenvalue weighted by Crippen LogP contribution is -2.40.